The summed E-state index contributed by atoms with van der Waals surface area (Å²) in [7, 11) is 4.43. The van der Waals surface area contributed by atoms with E-state index in [0.29, 0.717) is 22.6 Å². The van der Waals surface area contributed by atoms with Gasteiger partial charge in [-0.05, 0) is 23.8 Å². The van der Waals surface area contributed by atoms with Gasteiger partial charge in [0, 0.05) is 0 Å². The first kappa shape index (κ1) is 15.6. The molecule has 0 bridgehead atoms. The first-order valence-corrected chi connectivity index (χ1v) is 6.77. The van der Waals surface area contributed by atoms with Crippen LogP contribution in [-0.4, -0.2) is 27.3 Å². The summed E-state index contributed by atoms with van der Waals surface area (Å²) in [6.45, 7) is 0. The first-order valence-electron chi connectivity index (χ1n) is 6.77. The van der Waals surface area contributed by atoms with Crippen LogP contribution in [0.3, 0.4) is 0 Å². The lowest BCUT2D eigenvalue weighted by molar-refractivity contribution is 0.0597. The first-order chi connectivity index (χ1) is 10.7. The van der Waals surface area contributed by atoms with Crippen molar-refractivity contribution in [1.82, 2.24) is 0 Å². The zero-order valence-corrected chi connectivity index (χ0v) is 12.8. The summed E-state index contributed by atoms with van der Waals surface area (Å²) >= 11 is 0. The quantitative estimate of drug-likeness (QED) is 0.624. The maximum absolute atomic E-state index is 11.9. The molecule has 4 nitrogen and oxygen atoms in total. The predicted molar refractivity (Wildman–Crippen MR) is 86.3 cm³/mol. The number of benzene rings is 2. The summed E-state index contributed by atoms with van der Waals surface area (Å²) in [5, 5.41) is 0. The Hall–Kier alpha value is -2.75. The normalized spacial score (nSPS) is 10.5. The van der Waals surface area contributed by atoms with Gasteiger partial charge in [-0.25, -0.2) is 4.79 Å². The highest BCUT2D eigenvalue weighted by Gasteiger charge is 2.18. The van der Waals surface area contributed by atoms with Gasteiger partial charge in [-0.15, -0.1) is 0 Å². The van der Waals surface area contributed by atoms with E-state index in [-0.39, 0.29) is 0 Å². The van der Waals surface area contributed by atoms with Gasteiger partial charge in [0.15, 0.2) is 0 Å². The van der Waals surface area contributed by atoms with Crippen LogP contribution in [-0.2, 0) is 4.74 Å². The molecule has 0 radical (unpaired) electrons. The molecule has 0 aliphatic carbocycles. The third-order valence-electron chi connectivity index (χ3n) is 3.23. The van der Waals surface area contributed by atoms with E-state index < -0.39 is 5.97 Å². The van der Waals surface area contributed by atoms with Crippen molar-refractivity contribution >= 4 is 18.1 Å². The molecule has 2 aromatic carbocycles. The minimum Gasteiger partial charge on any atom is -0.496 e. The van der Waals surface area contributed by atoms with Gasteiger partial charge in [-0.2, -0.15) is 0 Å². The smallest absolute Gasteiger partial charge is 0.341 e. The standard InChI is InChI=1S/C18H18O4/c1-20-16-12-11-15(18(19)22-3)17(21-2)14(16)10-9-13-7-5-4-6-8-13/h4-12H,1-3H3/b10-9+. The highest BCUT2D eigenvalue weighted by atomic mass is 16.5. The van der Waals surface area contributed by atoms with Crippen molar-refractivity contribution in [2.45, 2.75) is 0 Å². The Morgan fingerprint density at radius 1 is 0.909 bits per heavy atom. The fraction of sp³-hybridized carbons (Fsp3) is 0.167. The Bertz CT molecular complexity index is 675. The molecular formula is C18H18O4. The molecule has 0 saturated heterocycles. The van der Waals surface area contributed by atoms with E-state index in [2.05, 4.69) is 0 Å². The van der Waals surface area contributed by atoms with Crippen LogP contribution < -0.4 is 9.47 Å². The van der Waals surface area contributed by atoms with Gasteiger partial charge < -0.3 is 14.2 Å². The summed E-state index contributed by atoms with van der Waals surface area (Å²) in [5.74, 6) is 0.601. The minimum atomic E-state index is -0.450. The molecule has 114 valence electrons. The van der Waals surface area contributed by atoms with Crippen molar-refractivity contribution in [3.8, 4) is 11.5 Å². The second kappa shape index (κ2) is 7.31. The Morgan fingerprint density at radius 3 is 2.23 bits per heavy atom. The number of hydrogen-bond acceptors (Lipinski definition) is 4. The maximum atomic E-state index is 11.9. The minimum absolute atomic E-state index is 0.360. The van der Waals surface area contributed by atoms with Gasteiger partial charge >= 0.3 is 5.97 Å². The molecule has 0 heterocycles. The van der Waals surface area contributed by atoms with Crippen LogP contribution in [0.4, 0.5) is 0 Å². The summed E-state index contributed by atoms with van der Waals surface area (Å²) in [6.07, 6.45) is 3.79. The second-order valence-electron chi connectivity index (χ2n) is 4.50. The molecule has 0 N–H and O–H groups in total. The van der Waals surface area contributed by atoms with Crippen molar-refractivity contribution in [2.75, 3.05) is 21.3 Å². The van der Waals surface area contributed by atoms with Gasteiger partial charge in [0.25, 0.3) is 0 Å². The summed E-state index contributed by atoms with van der Waals surface area (Å²) in [4.78, 5) is 11.9. The molecule has 0 aliphatic heterocycles. The monoisotopic (exact) mass is 298 g/mol. The van der Waals surface area contributed by atoms with Crippen LogP contribution in [0, 0.1) is 0 Å². The zero-order valence-electron chi connectivity index (χ0n) is 12.8. The zero-order chi connectivity index (χ0) is 15.9. The van der Waals surface area contributed by atoms with Gasteiger partial charge in [-0.3, -0.25) is 0 Å². The van der Waals surface area contributed by atoms with Gasteiger partial charge in [0.05, 0.1) is 26.9 Å². The van der Waals surface area contributed by atoms with Gasteiger partial charge in [-0.1, -0.05) is 36.4 Å². The molecular weight excluding hydrogens is 280 g/mol. The molecule has 2 rings (SSSR count). The highest BCUT2D eigenvalue weighted by Crippen LogP contribution is 2.34. The second-order valence-corrected chi connectivity index (χ2v) is 4.50. The molecule has 0 unspecified atom stereocenters. The Morgan fingerprint density at radius 2 is 1.64 bits per heavy atom. The van der Waals surface area contributed by atoms with Crippen LogP contribution in [0.15, 0.2) is 42.5 Å². The largest absolute Gasteiger partial charge is 0.496 e. The molecule has 0 spiro atoms. The van der Waals surface area contributed by atoms with Crippen molar-refractivity contribution in [1.29, 1.82) is 0 Å². The molecule has 22 heavy (non-hydrogen) atoms. The van der Waals surface area contributed by atoms with Gasteiger partial charge in [0.2, 0.25) is 0 Å². The molecule has 0 aliphatic rings. The Labute approximate surface area is 129 Å². The number of carbonyl (C=O) groups excluding carboxylic acids is 1. The maximum Gasteiger partial charge on any atom is 0.341 e. The summed E-state index contributed by atoms with van der Waals surface area (Å²) in [5.41, 5.74) is 2.09. The molecule has 0 fully saturated rings. The average Bonchev–Trinajstić information content (AvgIpc) is 2.59. The summed E-state index contributed by atoms with van der Waals surface area (Å²) < 4.78 is 15.5. The van der Waals surface area contributed by atoms with Crippen molar-refractivity contribution < 1.29 is 19.0 Å². The van der Waals surface area contributed by atoms with E-state index in [9.17, 15) is 4.79 Å². The average molecular weight is 298 g/mol. The van der Waals surface area contributed by atoms with Gasteiger partial charge in [0.1, 0.15) is 17.1 Å². The number of ether oxygens (including phenoxy) is 3. The Kier molecular flexibility index (Phi) is 5.20. The van der Waals surface area contributed by atoms with Crippen molar-refractivity contribution in [3.63, 3.8) is 0 Å². The highest BCUT2D eigenvalue weighted by molar-refractivity contribution is 5.95. The molecule has 0 amide bonds. The van der Waals surface area contributed by atoms with Crippen LogP contribution in [0.25, 0.3) is 12.2 Å². The molecule has 0 aromatic heterocycles. The lowest BCUT2D eigenvalue weighted by Gasteiger charge is -2.13. The van der Waals surface area contributed by atoms with Crippen LogP contribution in [0.1, 0.15) is 21.5 Å². The van der Waals surface area contributed by atoms with E-state index in [1.807, 2.05) is 42.5 Å². The number of esters is 1. The third-order valence-corrected chi connectivity index (χ3v) is 3.23. The van der Waals surface area contributed by atoms with E-state index in [4.69, 9.17) is 14.2 Å². The van der Waals surface area contributed by atoms with Crippen LogP contribution >= 0.6 is 0 Å². The summed E-state index contributed by atoms with van der Waals surface area (Å²) in [6, 6.07) is 13.2. The Balaban J connectivity index is 2.52. The third kappa shape index (κ3) is 3.28. The van der Waals surface area contributed by atoms with E-state index in [1.54, 1.807) is 19.2 Å². The van der Waals surface area contributed by atoms with E-state index >= 15 is 0 Å². The van der Waals surface area contributed by atoms with E-state index in [1.165, 1.54) is 14.2 Å². The number of hydrogen-bond donors (Lipinski definition) is 0. The van der Waals surface area contributed by atoms with Crippen LogP contribution in [0.2, 0.25) is 0 Å². The van der Waals surface area contributed by atoms with E-state index in [0.717, 1.165) is 5.56 Å². The van der Waals surface area contributed by atoms with Crippen molar-refractivity contribution in [2.24, 2.45) is 0 Å². The SMILES string of the molecule is COC(=O)c1ccc(OC)c(/C=C/c2ccccc2)c1OC. The number of carbonyl (C=O) groups is 1. The topological polar surface area (TPSA) is 44.8 Å². The predicted octanol–water partition coefficient (Wildman–Crippen LogP) is 3.66. The molecule has 2 aromatic rings. The fourth-order valence-electron chi connectivity index (χ4n) is 2.15. The number of methoxy groups -OCH3 is 3. The molecule has 4 heteroatoms. The van der Waals surface area contributed by atoms with Crippen molar-refractivity contribution in [3.05, 3.63) is 59.2 Å². The number of rotatable bonds is 5. The van der Waals surface area contributed by atoms with Crippen LogP contribution in [0.5, 0.6) is 11.5 Å². The lowest BCUT2D eigenvalue weighted by atomic mass is 10.1. The molecule has 0 atom stereocenters. The lowest BCUT2D eigenvalue weighted by Crippen LogP contribution is -2.06. The fourth-order valence-corrected chi connectivity index (χ4v) is 2.15. The molecule has 0 saturated carbocycles.